The van der Waals surface area contributed by atoms with Gasteiger partial charge in [0.1, 0.15) is 0 Å². The van der Waals surface area contributed by atoms with E-state index in [1.54, 1.807) is 0 Å². The number of aromatic nitrogens is 2. The predicted octanol–water partition coefficient (Wildman–Crippen LogP) is 0.890. The molecule has 3 heterocycles. The maximum Gasteiger partial charge on any atom is 0.270 e. The van der Waals surface area contributed by atoms with Gasteiger partial charge in [-0.05, 0) is 38.1 Å². The molecule has 0 amide bonds. The highest BCUT2D eigenvalue weighted by atomic mass is 32.2. The van der Waals surface area contributed by atoms with Gasteiger partial charge in [0.05, 0.1) is 11.7 Å². The van der Waals surface area contributed by atoms with Gasteiger partial charge in [0.15, 0.2) is 0 Å². The molecule has 0 aromatic carbocycles. The first-order valence-corrected chi connectivity index (χ1v) is 7.12. The Morgan fingerprint density at radius 2 is 2.12 bits per heavy atom. The summed E-state index contributed by atoms with van der Waals surface area (Å²) in [5.74, 6) is 2.06. The Morgan fingerprint density at radius 3 is 2.88 bits per heavy atom. The molecule has 3 rings (SSSR count). The van der Waals surface area contributed by atoms with Crippen molar-refractivity contribution in [3.63, 3.8) is 0 Å². The van der Waals surface area contributed by atoms with Crippen molar-refractivity contribution in [3.05, 3.63) is 21.6 Å². The van der Waals surface area contributed by atoms with Crippen LogP contribution >= 0.6 is 11.8 Å². The van der Waals surface area contributed by atoms with E-state index in [4.69, 9.17) is 0 Å². The second-order valence-electron chi connectivity index (χ2n) is 4.53. The van der Waals surface area contributed by atoms with Crippen LogP contribution in [0.3, 0.4) is 0 Å². The van der Waals surface area contributed by atoms with Gasteiger partial charge >= 0.3 is 0 Å². The summed E-state index contributed by atoms with van der Waals surface area (Å²) in [5.41, 5.74) is 2.44. The van der Waals surface area contributed by atoms with Crippen LogP contribution in [0.5, 0.6) is 0 Å². The van der Waals surface area contributed by atoms with E-state index in [2.05, 4.69) is 10.4 Å². The van der Waals surface area contributed by atoms with Crippen molar-refractivity contribution < 1.29 is 0 Å². The first kappa shape index (κ1) is 10.5. The summed E-state index contributed by atoms with van der Waals surface area (Å²) >= 11 is 1.91. The molecule has 1 fully saturated rings. The maximum absolute atomic E-state index is 12.2. The van der Waals surface area contributed by atoms with E-state index in [1.807, 2.05) is 16.4 Å². The highest BCUT2D eigenvalue weighted by molar-refractivity contribution is 7.98. The Labute approximate surface area is 98.8 Å². The van der Waals surface area contributed by atoms with Crippen molar-refractivity contribution in [2.45, 2.75) is 31.1 Å². The molecule has 2 N–H and O–H groups in total. The molecular weight excluding hydrogens is 222 g/mol. The largest absolute Gasteiger partial charge is 0.317 e. The molecule has 0 radical (unpaired) electrons. The predicted molar refractivity (Wildman–Crippen MR) is 66.1 cm³/mol. The summed E-state index contributed by atoms with van der Waals surface area (Å²) in [5, 5.41) is 6.66. The molecule has 0 saturated carbocycles. The summed E-state index contributed by atoms with van der Waals surface area (Å²) in [6.07, 6.45) is 3.06. The second kappa shape index (κ2) is 4.30. The standard InChI is InChI=1S/C11H17N3OS/c15-11-9-3-6-16-7-10(9)13-14(11)8-1-4-12-5-2-8/h8,12-13H,1-7H2. The number of fused-ring (bicyclic) bond motifs is 1. The number of rotatable bonds is 1. The van der Waals surface area contributed by atoms with Crippen LogP contribution in [-0.4, -0.2) is 28.6 Å². The molecule has 88 valence electrons. The van der Waals surface area contributed by atoms with Crippen LogP contribution in [0.2, 0.25) is 0 Å². The third-order valence-corrected chi connectivity index (χ3v) is 4.50. The van der Waals surface area contributed by atoms with E-state index in [-0.39, 0.29) is 5.56 Å². The normalized spacial score (nSPS) is 22.0. The number of nitrogens with one attached hydrogen (secondary N) is 2. The maximum atomic E-state index is 12.2. The Kier molecular flexibility index (Phi) is 2.81. The van der Waals surface area contributed by atoms with Crippen LogP contribution in [0.25, 0.3) is 0 Å². The van der Waals surface area contributed by atoms with Gasteiger partial charge in [-0.1, -0.05) is 0 Å². The Bertz CT molecular complexity index is 431. The molecular formula is C11H17N3OS. The van der Waals surface area contributed by atoms with Gasteiger partial charge in [0.25, 0.3) is 5.56 Å². The van der Waals surface area contributed by atoms with Gasteiger partial charge in [0.2, 0.25) is 0 Å². The number of thioether (sulfide) groups is 1. The average molecular weight is 239 g/mol. The summed E-state index contributed by atoms with van der Waals surface area (Å²) in [6.45, 7) is 2.05. The number of nitrogens with zero attached hydrogens (tertiary/aromatic N) is 1. The fourth-order valence-corrected chi connectivity index (χ4v) is 3.52. The minimum atomic E-state index is 0.238. The fourth-order valence-electron chi connectivity index (χ4n) is 2.59. The highest BCUT2D eigenvalue weighted by Gasteiger charge is 2.23. The number of H-pyrrole nitrogens is 1. The van der Waals surface area contributed by atoms with Crippen molar-refractivity contribution in [2.24, 2.45) is 0 Å². The molecule has 2 aliphatic heterocycles. The average Bonchev–Trinajstić information content (AvgIpc) is 2.69. The van der Waals surface area contributed by atoms with Gasteiger partial charge in [0, 0.05) is 11.3 Å². The minimum Gasteiger partial charge on any atom is -0.317 e. The lowest BCUT2D eigenvalue weighted by atomic mass is 10.1. The lowest BCUT2D eigenvalue weighted by molar-refractivity contribution is 0.335. The van der Waals surface area contributed by atoms with E-state index < -0.39 is 0 Å². The number of hydrogen-bond acceptors (Lipinski definition) is 3. The van der Waals surface area contributed by atoms with E-state index in [0.29, 0.717) is 6.04 Å². The third-order valence-electron chi connectivity index (χ3n) is 3.51. The zero-order chi connectivity index (χ0) is 11.0. The fraction of sp³-hybridized carbons (Fsp3) is 0.727. The third kappa shape index (κ3) is 1.72. The van der Waals surface area contributed by atoms with Gasteiger partial charge in [-0.15, -0.1) is 0 Å². The molecule has 0 aliphatic carbocycles. The smallest absolute Gasteiger partial charge is 0.270 e. The van der Waals surface area contributed by atoms with Gasteiger partial charge < -0.3 is 5.32 Å². The van der Waals surface area contributed by atoms with Gasteiger partial charge in [-0.25, -0.2) is 4.68 Å². The summed E-state index contributed by atoms with van der Waals surface area (Å²) in [7, 11) is 0. The van der Waals surface area contributed by atoms with Crippen molar-refractivity contribution in [1.29, 1.82) is 0 Å². The SMILES string of the molecule is O=c1c2c([nH]n1C1CCNCC1)CSCC2. The minimum absolute atomic E-state index is 0.238. The van der Waals surface area contributed by atoms with E-state index in [0.717, 1.165) is 49.4 Å². The molecule has 16 heavy (non-hydrogen) atoms. The lowest BCUT2D eigenvalue weighted by Crippen LogP contribution is -2.34. The zero-order valence-corrected chi connectivity index (χ0v) is 10.1. The monoisotopic (exact) mass is 239 g/mol. The van der Waals surface area contributed by atoms with Crippen LogP contribution in [0, 0.1) is 0 Å². The highest BCUT2D eigenvalue weighted by Crippen LogP contribution is 2.23. The Hall–Kier alpha value is -0.680. The zero-order valence-electron chi connectivity index (χ0n) is 9.29. The van der Waals surface area contributed by atoms with Crippen LogP contribution in [0.4, 0.5) is 0 Å². The molecule has 5 heteroatoms. The molecule has 4 nitrogen and oxygen atoms in total. The van der Waals surface area contributed by atoms with Crippen molar-refractivity contribution in [2.75, 3.05) is 18.8 Å². The summed E-state index contributed by atoms with van der Waals surface area (Å²) < 4.78 is 1.89. The lowest BCUT2D eigenvalue weighted by Gasteiger charge is -2.22. The molecule has 0 bridgehead atoms. The number of piperidine rings is 1. The van der Waals surface area contributed by atoms with Gasteiger partial charge in [-0.3, -0.25) is 9.89 Å². The Morgan fingerprint density at radius 1 is 1.31 bits per heavy atom. The van der Waals surface area contributed by atoms with Crippen LogP contribution in [0.1, 0.15) is 30.1 Å². The first-order valence-electron chi connectivity index (χ1n) is 5.97. The second-order valence-corrected chi connectivity index (χ2v) is 5.63. The summed E-state index contributed by atoms with van der Waals surface area (Å²) in [6, 6.07) is 0.379. The molecule has 0 unspecified atom stereocenters. The molecule has 1 saturated heterocycles. The van der Waals surface area contributed by atoms with Gasteiger partial charge in [-0.2, -0.15) is 11.8 Å². The Balaban J connectivity index is 1.94. The van der Waals surface area contributed by atoms with Crippen LogP contribution in [-0.2, 0) is 12.2 Å². The quantitative estimate of drug-likeness (QED) is 0.765. The molecule has 2 aliphatic rings. The number of aromatic amines is 1. The topological polar surface area (TPSA) is 49.8 Å². The molecule has 0 spiro atoms. The van der Waals surface area contributed by atoms with Crippen molar-refractivity contribution >= 4 is 11.8 Å². The molecule has 1 aromatic heterocycles. The van der Waals surface area contributed by atoms with Crippen molar-refractivity contribution in [1.82, 2.24) is 15.1 Å². The summed E-state index contributed by atoms with van der Waals surface area (Å²) in [4.78, 5) is 12.2. The first-order chi connectivity index (χ1) is 7.86. The van der Waals surface area contributed by atoms with E-state index in [9.17, 15) is 4.79 Å². The number of hydrogen-bond donors (Lipinski definition) is 2. The van der Waals surface area contributed by atoms with Crippen LogP contribution < -0.4 is 10.9 Å². The van der Waals surface area contributed by atoms with Crippen molar-refractivity contribution in [3.8, 4) is 0 Å². The molecule has 1 aromatic rings. The molecule has 0 atom stereocenters. The van der Waals surface area contributed by atoms with E-state index >= 15 is 0 Å². The van der Waals surface area contributed by atoms with E-state index in [1.165, 1.54) is 5.69 Å². The van der Waals surface area contributed by atoms with Crippen LogP contribution in [0.15, 0.2) is 4.79 Å².